The summed E-state index contributed by atoms with van der Waals surface area (Å²) in [5.41, 5.74) is 3.87. The zero-order chi connectivity index (χ0) is 26.6. The predicted molar refractivity (Wildman–Crippen MR) is 148 cm³/mol. The lowest BCUT2D eigenvalue weighted by Gasteiger charge is -2.37. The number of Topliss-reactive ketones (excluding diaryl/α,β-unsaturated/α-hetero) is 1. The summed E-state index contributed by atoms with van der Waals surface area (Å²) in [6.07, 6.45) is 5.32. The summed E-state index contributed by atoms with van der Waals surface area (Å²) < 4.78 is 11.6. The van der Waals surface area contributed by atoms with Crippen molar-refractivity contribution < 1.29 is 19.1 Å². The maximum atomic E-state index is 14.0. The lowest BCUT2D eigenvalue weighted by atomic mass is 9.73. The number of allylic oxidation sites excluding steroid dienone is 1. The van der Waals surface area contributed by atoms with Gasteiger partial charge in [0.15, 0.2) is 17.3 Å². The van der Waals surface area contributed by atoms with Crippen LogP contribution in [0.5, 0.6) is 11.5 Å². The van der Waals surface area contributed by atoms with E-state index in [9.17, 15) is 9.59 Å². The van der Waals surface area contributed by atoms with Gasteiger partial charge in [-0.25, -0.2) is 0 Å². The fourth-order valence-electron chi connectivity index (χ4n) is 5.41. The van der Waals surface area contributed by atoms with E-state index in [1.54, 1.807) is 7.11 Å². The SMILES string of the molecule is CCCCCC(=O)N1c2ccccc2NC2=C(C(=O)CC(C)(C)C2)[C@H]1c1ccc(OCCC)c(OC)c1. The second-order valence-corrected chi connectivity index (χ2v) is 10.9. The van der Waals surface area contributed by atoms with Crippen LogP contribution in [0, 0.1) is 5.41 Å². The van der Waals surface area contributed by atoms with Crippen LogP contribution in [0.1, 0.15) is 84.2 Å². The largest absolute Gasteiger partial charge is 0.493 e. The van der Waals surface area contributed by atoms with Crippen molar-refractivity contribution in [2.45, 2.75) is 78.7 Å². The molecule has 0 saturated heterocycles. The van der Waals surface area contributed by atoms with Crippen LogP contribution in [0.25, 0.3) is 0 Å². The summed E-state index contributed by atoms with van der Waals surface area (Å²) in [4.78, 5) is 29.6. The summed E-state index contributed by atoms with van der Waals surface area (Å²) in [6, 6.07) is 13.1. The summed E-state index contributed by atoms with van der Waals surface area (Å²) >= 11 is 0. The molecule has 1 heterocycles. The number of fused-ring (bicyclic) bond motifs is 1. The van der Waals surface area contributed by atoms with Crippen LogP contribution < -0.4 is 19.7 Å². The number of carbonyl (C=O) groups is 2. The van der Waals surface area contributed by atoms with Gasteiger partial charge in [-0.05, 0) is 54.5 Å². The Morgan fingerprint density at radius 3 is 2.57 bits per heavy atom. The Balaban J connectivity index is 1.92. The number of ether oxygens (including phenoxy) is 2. The molecule has 4 rings (SSSR count). The molecule has 37 heavy (non-hydrogen) atoms. The summed E-state index contributed by atoms with van der Waals surface area (Å²) in [5, 5.41) is 3.58. The molecule has 6 nitrogen and oxygen atoms in total. The summed E-state index contributed by atoms with van der Waals surface area (Å²) in [5.74, 6) is 1.35. The first kappa shape index (κ1) is 26.8. The van der Waals surface area contributed by atoms with Crippen LogP contribution in [0.3, 0.4) is 0 Å². The van der Waals surface area contributed by atoms with Gasteiger partial charge in [0, 0.05) is 24.1 Å². The highest BCUT2D eigenvalue weighted by Crippen LogP contribution is 2.49. The molecule has 1 amide bonds. The van der Waals surface area contributed by atoms with Gasteiger partial charge >= 0.3 is 0 Å². The molecule has 0 aromatic heterocycles. The second kappa shape index (κ2) is 11.4. The first-order valence-electron chi connectivity index (χ1n) is 13.5. The van der Waals surface area contributed by atoms with Gasteiger partial charge in [-0.15, -0.1) is 0 Å². The van der Waals surface area contributed by atoms with Gasteiger partial charge in [0.05, 0.1) is 31.1 Å². The van der Waals surface area contributed by atoms with E-state index < -0.39 is 6.04 Å². The van der Waals surface area contributed by atoms with E-state index in [4.69, 9.17) is 9.47 Å². The maximum Gasteiger partial charge on any atom is 0.227 e. The Morgan fingerprint density at radius 1 is 1.05 bits per heavy atom. The molecule has 0 unspecified atom stereocenters. The van der Waals surface area contributed by atoms with Gasteiger partial charge < -0.3 is 14.8 Å². The molecule has 0 bridgehead atoms. The molecular formula is C31H40N2O4. The fraction of sp³-hybridized carbons (Fsp3) is 0.484. The van der Waals surface area contributed by atoms with Crippen LogP contribution in [0.15, 0.2) is 53.7 Å². The number of amides is 1. The maximum absolute atomic E-state index is 14.0. The number of nitrogens with one attached hydrogen (secondary N) is 1. The number of hydrogen-bond donors (Lipinski definition) is 1. The highest BCUT2D eigenvalue weighted by atomic mass is 16.5. The Morgan fingerprint density at radius 2 is 1.84 bits per heavy atom. The lowest BCUT2D eigenvalue weighted by Crippen LogP contribution is -2.39. The molecular weight excluding hydrogens is 464 g/mol. The number of anilines is 2. The minimum Gasteiger partial charge on any atom is -0.493 e. The third kappa shape index (κ3) is 5.68. The van der Waals surface area contributed by atoms with Crippen LogP contribution in [0.4, 0.5) is 11.4 Å². The third-order valence-corrected chi connectivity index (χ3v) is 7.13. The highest BCUT2D eigenvalue weighted by molar-refractivity contribution is 6.06. The summed E-state index contributed by atoms with van der Waals surface area (Å²) in [7, 11) is 1.62. The van der Waals surface area contributed by atoms with Crippen LogP contribution in [0.2, 0.25) is 0 Å². The number of ketones is 1. The Kier molecular flexibility index (Phi) is 8.25. The van der Waals surface area contributed by atoms with Crippen molar-refractivity contribution >= 4 is 23.1 Å². The van der Waals surface area contributed by atoms with Crippen LogP contribution >= 0.6 is 0 Å². The topological polar surface area (TPSA) is 67.9 Å². The van der Waals surface area contributed by atoms with Gasteiger partial charge in [0.25, 0.3) is 0 Å². The molecule has 0 saturated carbocycles. The van der Waals surface area contributed by atoms with Gasteiger partial charge in [-0.2, -0.15) is 0 Å². The van der Waals surface area contributed by atoms with Crippen LogP contribution in [-0.4, -0.2) is 25.4 Å². The number of rotatable bonds is 9. The number of unbranched alkanes of at least 4 members (excludes halogenated alkanes) is 2. The summed E-state index contributed by atoms with van der Waals surface area (Å²) in [6.45, 7) is 9.02. The molecule has 1 aliphatic heterocycles. The molecule has 2 aromatic rings. The van der Waals surface area contributed by atoms with E-state index in [1.807, 2.05) is 47.4 Å². The van der Waals surface area contributed by atoms with E-state index in [-0.39, 0.29) is 17.1 Å². The normalized spacial score (nSPS) is 18.5. The van der Waals surface area contributed by atoms with Crippen LogP contribution in [-0.2, 0) is 9.59 Å². The van der Waals surface area contributed by atoms with Crippen molar-refractivity contribution in [1.82, 2.24) is 0 Å². The molecule has 6 heteroatoms. The van der Waals surface area contributed by atoms with Crippen molar-refractivity contribution in [3.63, 3.8) is 0 Å². The number of carbonyl (C=O) groups excluding carboxylic acids is 2. The quantitative estimate of drug-likeness (QED) is 0.366. The average Bonchev–Trinajstić information content (AvgIpc) is 3.01. The predicted octanol–water partition coefficient (Wildman–Crippen LogP) is 7.21. The third-order valence-electron chi connectivity index (χ3n) is 7.13. The van der Waals surface area contributed by atoms with Crippen molar-refractivity contribution in [2.24, 2.45) is 5.41 Å². The molecule has 0 radical (unpaired) electrons. The molecule has 0 fully saturated rings. The van der Waals surface area contributed by atoms with E-state index >= 15 is 0 Å². The smallest absolute Gasteiger partial charge is 0.227 e. The number of para-hydroxylation sites is 2. The first-order chi connectivity index (χ1) is 17.8. The van der Waals surface area contributed by atoms with Crippen molar-refractivity contribution in [3.05, 3.63) is 59.3 Å². The first-order valence-corrected chi connectivity index (χ1v) is 13.5. The second-order valence-electron chi connectivity index (χ2n) is 10.9. The Labute approximate surface area is 221 Å². The van der Waals surface area contributed by atoms with E-state index in [2.05, 4.69) is 33.0 Å². The van der Waals surface area contributed by atoms with E-state index in [1.165, 1.54) is 0 Å². The monoisotopic (exact) mass is 504 g/mol. The highest BCUT2D eigenvalue weighted by Gasteiger charge is 2.43. The molecule has 2 aromatic carbocycles. The molecule has 198 valence electrons. The molecule has 1 atom stereocenters. The molecule has 1 aliphatic carbocycles. The fourth-order valence-corrected chi connectivity index (χ4v) is 5.41. The van der Waals surface area contributed by atoms with Crippen molar-refractivity contribution in [3.8, 4) is 11.5 Å². The van der Waals surface area contributed by atoms with Gasteiger partial charge in [0.1, 0.15) is 0 Å². The van der Waals surface area contributed by atoms with Crippen molar-refractivity contribution in [2.75, 3.05) is 23.9 Å². The number of methoxy groups -OCH3 is 1. The number of hydrogen-bond acceptors (Lipinski definition) is 5. The molecule has 1 N–H and O–H groups in total. The van der Waals surface area contributed by atoms with Gasteiger partial charge in [-0.1, -0.05) is 58.7 Å². The number of nitrogens with zero attached hydrogens (tertiary/aromatic N) is 1. The van der Waals surface area contributed by atoms with E-state index in [0.717, 1.165) is 54.7 Å². The standard InChI is InChI=1S/C31H40N2O4/c1-6-8-9-14-28(35)33-24-13-11-10-12-22(24)32-23-19-31(3,4)20-25(34)29(23)30(33)21-15-16-26(37-17-7-2)27(18-21)36-5/h10-13,15-16,18,30,32H,6-9,14,17,19-20H2,1-5H3/t30-/m1/s1. The number of benzene rings is 2. The minimum absolute atomic E-state index is 0.0179. The Bertz CT molecular complexity index is 1180. The van der Waals surface area contributed by atoms with Gasteiger partial charge in [0.2, 0.25) is 5.91 Å². The van der Waals surface area contributed by atoms with E-state index in [0.29, 0.717) is 36.5 Å². The molecule has 2 aliphatic rings. The Hall–Kier alpha value is -3.28. The van der Waals surface area contributed by atoms with Crippen molar-refractivity contribution in [1.29, 1.82) is 0 Å². The molecule has 0 spiro atoms. The zero-order valence-corrected chi connectivity index (χ0v) is 22.9. The van der Waals surface area contributed by atoms with Gasteiger partial charge in [-0.3, -0.25) is 14.5 Å². The zero-order valence-electron chi connectivity index (χ0n) is 22.9. The lowest BCUT2D eigenvalue weighted by molar-refractivity contribution is -0.119. The minimum atomic E-state index is -0.557. The average molecular weight is 505 g/mol.